The van der Waals surface area contributed by atoms with Crippen LogP contribution in [0, 0.1) is 5.92 Å². The fraction of sp³-hybridized carbons (Fsp3) is 0.556. The fourth-order valence-corrected chi connectivity index (χ4v) is 2.13. The van der Waals surface area contributed by atoms with E-state index in [9.17, 15) is 9.59 Å². The second-order valence-electron chi connectivity index (χ2n) is 5.89. The predicted octanol–water partition coefficient (Wildman–Crippen LogP) is 3.48. The topological polar surface area (TPSA) is 52.6 Å². The number of hydrogen-bond donors (Lipinski definition) is 0. The van der Waals surface area contributed by atoms with Crippen LogP contribution in [0.5, 0.6) is 0 Å². The normalized spacial score (nSPS) is 13.5. The maximum atomic E-state index is 12.1. The molecule has 0 unspecified atom stereocenters. The average molecular weight is 306 g/mol. The Kier molecular flexibility index (Phi) is 7.09. The van der Waals surface area contributed by atoms with Crippen LogP contribution in [0.15, 0.2) is 24.3 Å². The van der Waals surface area contributed by atoms with E-state index in [-0.39, 0.29) is 6.61 Å². The molecule has 0 heterocycles. The Morgan fingerprint density at radius 1 is 1.00 bits per heavy atom. The number of benzene rings is 1. The van der Waals surface area contributed by atoms with Gasteiger partial charge in [-0.1, -0.05) is 38.1 Å². The quantitative estimate of drug-likeness (QED) is 0.724. The van der Waals surface area contributed by atoms with E-state index in [1.54, 1.807) is 13.8 Å². The first-order valence-electron chi connectivity index (χ1n) is 7.81. The second kappa shape index (κ2) is 8.57. The molecular formula is C18H26O4. The minimum absolute atomic E-state index is 0.271. The predicted molar refractivity (Wildman–Crippen MR) is 85.6 cm³/mol. The van der Waals surface area contributed by atoms with Crippen molar-refractivity contribution in [1.82, 2.24) is 0 Å². The van der Waals surface area contributed by atoms with Crippen LogP contribution in [-0.4, -0.2) is 24.6 Å². The first-order valence-corrected chi connectivity index (χ1v) is 7.81. The van der Waals surface area contributed by atoms with E-state index in [2.05, 4.69) is 13.8 Å². The molecule has 2 atom stereocenters. The van der Waals surface area contributed by atoms with Crippen LogP contribution in [0.1, 0.15) is 51.7 Å². The van der Waals surface area contributed by atoms with Gasteiger partial charge in [-0.15, -0.1) is 0 Å². The van der Waals surface area contributed by atoms with Gasteiger partial charge in [-0.05, 0) is 44.2 Å². The van der Waals surface area contributed by atoms with Gasteiger partial charge in [-0.2, -0.15) is 0 Å². The molecule has 22 heavy (non-hydrogen) atoms. The first kappa shape index (κ1) is 18.2. The van der Waals surface area contributed by atoms with E-state index < -0.39 is 24.0 Å². The second-order valence-corrected chi connectivity index (χ2v) is 5.89. The lowest BCUT2D eigenvalue weighted by Gasteiger charge is -2.16. The van der Waals surface area contributed by atoms with Gasteiger partial charge in [0.25, 0.3) is 0 Å². The van der Waals surface area contributed by atoms with E-state index in [0.717, 1.165) is 12.0 Å². The van der Waals surface area contributed by atoms with Crippen LogP contribution in [-0.2, 0) is 25.5 Å². The van der Waals surface area contributed by atoms with Gasteiger partial charge in [-0.3, -0.25) is 4.79 Å². The summed E-state index contributed by atoms with van der Waals surface area (Å²) in [5.41, 5.74) is 2.13. The van der Waals surface area contributed by atoms with Crippen molar-refractivity contribution in [2.45, 2.75) is 53.1 Å². The number of hydrogen-bond acceptors (Lipinski definition) is 4. The molecule has 0 radical (unpaired) electrons. The molecule has 1 aromatic rings. The highest BCUT2D eigenvalue weighted by atomic mass is 16.6. The third-order valence-corrected chi connectivity index (χ3v) is 3.39. The van der Waals surface area contributed by atoms with Crippen LogP contribution in [0.25, 0.3) is 0 Å². The van der Waals surface area contributed by atoms with Crippen LogP contribution < -0.4 is 0 Å². The summed E-state index contributed by atoms with van der Waals surface area (Å²) in [6, 6.07) is 7.96. The molecule has 0 amide bonds. The SMILES string of the molecule is CCOC(=O)[C@H](C)OC(=O)[C@H](C)c1ccc(CC(C)C)cc1. The van der Waals surface area contributed by atoms with Crippen LogP contribution in [0.3, 0.4) is 0 Å². The first-order chi connectivity index (χ1) is 10.3. The van der Waals surface area contributed by atoms with Crippen molar-refractivity contribution in [2.75, 3.05) is 6.61 Å². The molecule has 0 saturated heterocycles. The number of rotatable bonds is 7. The molecule has 4 nitrogen and oxygen atoms in total. The third-order valence-electron chi connectivity index (χ3n) is 3.39. The lowest BCUT2D eigenvalue weighted by atomic mass is 9.97. The monoisotopic (exact) mass is 306 g/mol. The van der Waals surface area contributed by atoms with Crippen molar-refractivity contribution >= 4 is 11.9 Å². The molecule has 0 N–H and O–H groups in total. The Morgan fingerprint density at radius 3 is 2.09 bits per heavy atom. The smallest absolute Gasteiger partial charge is 0.347 e. The number of esters is 2. The highest BCUT2D eigenvalue weighted by molar-refractivity contribution is 5.82. The Balaban J connectivity index is 2.64. The molecule has 1 rings (SSSR count). The highest BCUT2D eigenvalue weighted by Gasteiger charge is 2.23. The van der Waals surface area contributed by atoms with E-state index in [4.69, 9.17) is 9.47 Å². The summed E-state index contributed by atoms with van der Waals surface area (Å²) < 4.78 is 9.99. The highest BCUT2D eigenvalue weighted by Crippen LogP contribution is 2.19. The lowest BCUT2D eigenvalue weighted by molar-refractivity contribution is -0.167. The van der Waals surface area contributed by atoms with E-state index in [1.165, 1.54) is 12.5 Å². The summed E-state index contributed by atoms with van der Waals surface area (Å²) in [5.74, 6) is -0.754. The Bertz CT molecular complexity index is 490. The molecule has 122 valence electrons. The van der Waals surface area contributed by atoms with Crippen molar-refractivity contribution in [3.8, 4) is 0 Å². The number of ether oxygens (including phenoxy) is 2. The molecule has 0 spiro atoms. The molecule has 0 saturated carbocycles. The minimum Gasteiger partial charge on any atom is -0.463 e. The van der Waals surface area contributed by atoms with Crippen LogP contribution in [0.4, 0.5) is 0 Å². The molecule has 0 aliphatic carbocycles. The molecule has 0 aromatic heterocycles. The molecule has 1 aromatic carbocycles. The van der Waals surface area contributed by atoms with Gasteiger partial charge in [0, 0.05) is 0 Å². The minimum atomic E-state index is -0.880. The standard InChI is InChI=1S/C18H26O4/c1-6-21-18(20)14(5)22-17(19)13(4)16-9-7-15(8-10-16)11-12(2)3/h7-10,12-14H,6,11H2,1-5H3/t13-,14+/m1/s1. The largest absolute Gasteiger partial charge is 0.463 e. The number of carbonyl (C=O) groups excluding carboxylic acids is 2. The van der Waals surface area contributed by atoms with Gasteiger partial charge >= 0.3 is 11.9 Å². The molecule has 0 aliphatic heterocycles. The summed E-state index contributed by atoms with van der Waals surface area (Å²) in [4.78, 5) is 23.6. The zero-order valence-electron chi connectivity index (χ0n) is 14.1. The molecule has 0 fully saturated rings. The molecular weight excluding hydrogens is 280 g/mol. The zero-order valence-corrected chi connectivity index (χ0v) is 14.1. The van der Waals surface area contributed by atoms with Crippen molar-refractivity contribution in [3.05, 3.63) is 35.4 Å². The summed E-state index contributed by atoms with van der Waals surface area (Å²) in [6.07, 6.45) is 0.133. The average Bonchev–Trinajstić information content (AvgIpc) is 2.46. The maximum Gasteiger partial charge on any atom is 0.347 e. The summed E-state index contributed by atoms with van der Waals surface area (Å²) >= 11 is 0. The van der Waals surface area contributed by atoms with E-state index in [1.807, 2.05) is 24.3 Å². The Morgan fingerprint density at radius 2 is 1.59 bits per heavy atom. The van der Waals surface area contributed by atoms with Crippen LogP contribution in [0.2, 0.25) is 0 Å². The van der Waals surface area contributed by atoms with E-state index >= 15 is 0 Å². The van der Waals surface area contributed by atoms with Crippen molar-refractivity contribution in [1.29, 1.82) is 0 Å². The summed E-state index contributed by atoms with van der Waals surface area (Å²) in [6.45, 7) is 9.63. The van der Waals surface area contributed by atoms with Gasteiger partial charge < -0.3 is 9.47 Å². The van der Waals surface area contributed by atoms with Crippen molar-refractivity contribution < 1.29 is 19.1 Å². The number of carbonyl (C=O) groups is 2. The van der Waals surface area contributed by atoms with E-state index in [0.29, 0.717) is 5.92 Å². The summed E-state index contributed by atoms with van der Waals surface area (Å²) in [7, 11) is 0. The van der Waals surface area contributed by atoms with Crippen molar-refractivity contribution in [2.24, 2.45) is 5.92 Å². The van der Waals surface area contributed by atoms with Crippen molar-refractivity contribution in [3.63, 3.8) is 0 Å². The molecule has 0 aliphatic rings. The summed E-state index contributed by atoms with van der Waals surface area (Å²) in [5, 5.41) is 0. The third kappa shape index (κ3) is 5.51. The fourth-order valence-electron chi connectivity index (χ4n) is 2.13. The molecule has 4 heteroatoms. The van der Waals surface area contributed by atoms with Gasteiger partial charge in [0.2, 0.25) is 0 Å². The zero-order chi connectivity index (χ0) is 16.7. The maximum absolute atomic E-state index is 12.1. The van der Waals surface area contributed by atoms with Gasteiger partial charge in [0.1, 0.15) is 0 Å². The lowest BCUT2D eigenvalue weighted by Crippen LogP contribution is -2.28. The Labute approximate surface area is 132 Å². The van der Waals surface area contributed by atoms with Gasteiger partial charge in [-0.25, -0.2) is 4.79 Å². The van der Waals surface area contributed by atoms with Crippen LogP contribution >= 0.6 is 0 Å². The molecule has 0 bridgehead atoms. The van der Waals surface area contributed by atoms with Gasteiger partial charge in [0.15, 0.2) is 6.10 Å². The Hall–Kier alpha value is -1.84. The van der Waals surface area contributed by atoms with Gasteiger partial charge in [0.05, 0.1) is 12.5 Å².